The van der Waals surface area contributed by atoms with Crippen molar-refractivity contribution < 1.29 is 27.8 Å². The highest BCUT2D eigenvalue weighted by Gasteiger charge is 2.27. The molecular weight excluding hydrogens is 259 g/mol. The number of ether oxygens (including phenoxy) is 1. The SMILES string of the molecule is Cc1nc(CCOCC(F)(F)F)sc1C(=O)O. The lowest BCUT2D eigenvalue weighted by Crippen LogP contribution is -2.17. The first-order valence-corrected chi connectivity index (χ1v) is 5.45. The fourth-order valence-corrected chi connectivity index (χ4v) is 1.99. The number of nitrogens with zero attached hydrogens (tertiary/aromatic N) is 1. The quantitative estimate of drug-likeness (QED) is 0.833. The van der Waals surface area contributed by atoms with E-state index >= 15 is 0 Å². The van der Waals surface area contributed by atoms with Gasteiger partial charge in [0.15, 0.2) is 0 Å². The van der Waals surface area contributed by atoms with E-state index in [0.29, 0.717) is 10.7 Å². The molecule has 0 fully saturated rings. The van der Waals surface area contributed by atoms with Gasteiger partial charge in [-0.05, 0) is 6.92 Å². The van der Waals surface area contributed by atoms with E-state index in [1.807, 2.05) is 0 Å². The highest BCUT2D eigenvalue weighted by atomic mass is 32.1. The number of rotatable bonds is 5. The number of carboxylic acids is 1. The topological polar surface area (TPSA) is 59.4 Å². The Morgan fingerprint density at radius 1 is 1.53 bits per heavy atom. The number of carboxylic acid groups (broad SMARTS) is 1. The van der Waals surface area contributed by atoms with Crippen molar-refractivity contribution in [2.24, 2.45) is 0 Å². The standard InChI is InChI=1S/C9H10F3NO3S/c1-5-7(8(14)15)17-6(13-5)2-3-16-4-9(10,11)12/h2-4H2,1H3,(H,14,15). The first kappa shape index (κ1) is 13.9. The summed E-state index contributed by atoms with van der Waals surface area (Å²) in [7, 11) is 0. The molecule has 8 heteroatoms. The summed E-state index contributed by atoms with van der Waals surface area (Å²) in [6.07, 6.45) is -4.17. The van der Waals surface area contributed by atoms with E-state index in [1.54, 1.807) is 6.92 Å². The molecule has 0 radical (unpaired) electrons. The molecule has 0 unspecified atom stereocenters. The van der Waals surface area contributed by atoms with Crippen molar-refractivity contribution in [2.45, 2.75) is 19.5 Å². The van der Waals surface area contributed by atoms with Crippen molar-refractivity contribution in [3.63, 3.8) is 0 Å². The predicted octanol–water partition coefficient (Wildman–Crippen LogP) is 2.27. The molecule has 96 valence electrons. The maximum Gasteiger partial charge on any atom is 0.411 e. The van der Waals surface area contributed by atoms with E-state index in [0.717, 1.165) is 11.3 Å². The molecule has 1 rings (SSSR count). The number of aromatic carboxylic acids is 1. The Bertz CT molecular complexity index is 403. The molecule has 1 aromatic heterocycles. The fraction of sp³-hybridized carbons (Fsp3) is 0.556. The van der Waals surface area contributed by atoms with Crippen molar-refractivity contribution in [3.8, 4) is 0 Å². The van der Waals surface area contributed by atoms with Gasteiger partial charge in [-0.15, -0.1) is 11.3 Å². The maximum atomic E-state index is 11.7. The van der Waals surface area contributed by atoms with Crippen LogP contribution >= 0.6 is 11.3 Å². The summed E-state index contributed by atoms with van der Waals surface area (Å²) in [6.45, 7) is 0.106. The van der Waals surface area contributed by atoms with Gasteiger partial charge in [0.2, 0.25) is 0 Å². The summed E-state index contributed by atoms with van der Waals surface area (Å²) in [6, 6.07) is 0. The van der Waals surface area contributed by atoms with Crippen LogP contribution in [0.5, 0.6) is 0 Å². The second-order valence-electron chi connectivity index (χ2n) is 3.25. The van der Waals surface area contributed by atoms with Gasteiger partial charge in [0.1, 0.15) is 11.5 Å². The van der Waals surface area contributed by atoms with Crippen molar-refractivity contribution in [2.75, 3.05) is 13.2 Å². The molecular formula is C9H10F3NO3S. The van der Waals surface area contributed by atoms with Gasteiger partial charge >= 0.3 is 12.1 Å². The summed E-state index contributed by atoms with van der Waals surface area (Å²) >= 11 is 0.954. The summed E-state index contributed by atoms with van der Waals surface area (Å²) in [5.74, 6) is -1.08. The van der Waals surface area contributed by atoms with Crippen LogP contribution in [0.1, 0.15) is 20.4 Å². The Labute approximate surface area is 99.0 Å². The predicted molar refractivity (Wildman–Crippen MR) is 54.4 cm³/mol. The van der Waals surface area contributed by atoms with Crippen LogP contribution in [0.3, 0.4) is 0 Å². The highest BCUT2D eigenvalue weighted by molar-refractivity contribution is 7.13. The smallest absolute Gasteiger partial charge is 0.411 e. The Balaban J connectivity index is 2.43. The van der Waals surface area contributed by atoms with E-state index in [-0.39, 0.29) is 17.9 Å². The third-order valence-electron chi connectivity index (χ3n) is 1.76. The molecule has 0 amide bonds. The van der Waals surface area contributed by atoms with Crippen LogP contribution in [0.15, 0.2) is 0 Å². The average molecular weight is 269 g/mol. The summed E-state index contributed by atoms with van der Waals surface area (Å²) in [5.41, 5.74) is 0.369. The number of carbonyl (C=O) groups is 1. The van der Waals surface area contributed by atoms with Gasteiger partial charge in [0.25, 0.3) is 0 Å². The van der Waals surface area contributed by atoms with Gasteiger partial charge in [-0.1, -0.05) is 0 Å². The summed E-state index contributed by atoms with van der Waals surface area (Å²) < 4.78 is 39.6. The Morgan fingerprint density at radius 2 is 2.18 bits per heavy atom. The van der Waals surface area contributed by atoms with Gasteiger partial charge < -0.3 is 9.84 Å². The Morgan fingerprint density at radius 3 is 2.65 bits per heavy atom. The number of aromatic nitrogens is 1. The Hall–Kier alpha value is -1.15. The number of aryl methyl sites for hydroxylation is 1. The van der Waals surface area contributed by atoms with Gasteiger partial charge in [-0.3, -0.25) is 0 Å². The molecule has 1 N–H and O–H groups in total. The number of hydrogen-bond acceptors (Lipinski definition) is 4. The fourth-order valence-electron chi connectivity index (χ4n) is 1.11. The monoisotopic (exact) mass is 269 g/mol. The molecule has 0 aliphatic rings. The van der Waals surface area contributed by atoms with Crippen LogP contribution < -0.4 is 0 Å². The van der Waals surface area contributed by atoms with Crippen molar-refractivity contribution in [1.29, 1.82) is 0 Å². The third kappa shape index (κ3) is 4.70. The van der Waals surface area contributed by atoms with Crippen molar-refractivity contribution in [3.05, 3.63) is 15.6 Å². The minimum atomic E-state index is -4.34. The lowest BCUT2D eigenvalue weighted by atomic mass is 10.4. The third-order valence-corrected chi connectivity index (χ3v) is 2.97. The molecule has 0 aromatic carbocycles. The second kappa shape index (κ2) is 5.46. The van der Waals surface area contributed by atoms with Gasteiger partial charge in [-0.25, -0.2) is 9.78 Å². The zero-order chi connectivity index (χ0) is 13.1. The van der Waals surface area contributed by atoms with Crippen LogP contribution in [0.4, 0.5) is 13.2 Å². The number of thiazole rings is 1. The van der Waals surface area contributed by atoms with E-state index < -0.39 is 18.8 Å². The molecule has 1 aromatic rings. The summed E-state index contributed by atoms with van der Waals surface area (Å²) in [5, 5.41) is 9.21. The van der Waals surface area contributed by atoms with Crippen LogP contribution in [-0.4, -0.2) is 35.4 Å². The van der Waals surface area contributed by atoms with Gasteiger partial charge in [0, 0.05) is 6.42 Å². The molecule has 0 atom stereocenters. The van der Waals surface area contributed by atoms with Gasteiger partial charge in [-0.2, -0.15) is 13.2 Å². The van der Waals surface area contributed by atoms with Crippen molar-refractivity contribution in [1.82, 2.24) is 4.98 Å². The zero-order valence-corrected chi connectivity index (χ0v) is 9.69. The summed E-state index contributed by atoms with van der Waals surface area (Å²) in [4.78, 5) is 14.7. The van der Waals surface area contributed by atoms with Crippen molar-refractivity contribution >= 4 is 17.3 Å². The Kier molecular flexibility index (Phi) is 4.47. The number of halogens is 3. The lowest BCUT2D eigenvalue weighted by molar-refractivity contribution is -0.173. The minimum absolute atomic E-state index is 0.107. The van der Waals surface area contributed by atoms with Crippen LogP contribution in [-0.2, 0) is 11.2 Å². The number of hydrogen-bond donors (Lipinski definition) is 1. The lowest BCUT2D eigenvalue weighted by Gasteiger charge is -2.05. The number of alkyl halides is 3. The molecule has 17 heavy (non-hydrogen) atoms. The molecule has 4 nitrogen and oxygen atoms in total. The average Bonchev–Trinajstić information content (AvgIpc) is 2.53. The largest absolute Gasteiger partial charge is 0.477 e. The van der Waals surface area contributed by atoms with E-state index in [4.69, 9.17) is 5.11 Å². The molecule has 0 aliphatic heterocycles. The van der Waals surface area contributed by atoms with E-state index in [9.17, 15) is 18.0 Å². The maximum absolute atomic E-state index is 11.7. The van der Waals surface area contributed by atoms with Gasteiger partial charge in [0.05, 0.1) is 17.3 Å². The normalized spacial score (nSPS) is 11.8. The molecule has 0 saturated carbocycles. The van der Waals surface area contributed by atoms with Crippen LogP contribution in [0.2, 0.25) is 0 Å². The first-order chi connectivity index (χ1) is 7.79. The van der Waals surface area contributed by atoms with Crippen LogP contribution in [0.25, 0.3) is 0 Å². The van der Waals surface area contributed by atoms with E-state index in [1.165, 1.54) is 0 Å². The minimum Gasteiger partial charge on any atom is -0.477 e. The zero-order valence-electron chi connectivity index (χ0n) is 8.87. The van der Waals surface area contributed by atoms with Crippen LogP contribution in [0, 0.1) is 6.92 Å². The molecule has 0 spiro atoms. The molecule has 0 saturated heterocycles. The molecule has 1 heterocycles. The molecule has 0 aliphatic carbocycles. The highest BCUT2D eigenvalue weighted by Crippen LogP contribution is 2.19. The second-order valence-corrected chi connectivity index (χ2v) is 4.33. The first-order valence-electron chi connectivity index (χ1n) is 4.63. The molecule has 0 bridgehead atoms. The van der Waals surface area contributed by atoms with E-state index in [2.05, 4.69) is 9.72 Å².